The quantitative estimate of drug-likeness (QED) is 0.736. The number of carbonyl (C=O) groups is 1. The molecule has 0 spiro atoms. The van der Waals surface area contributed by atoms with Crippen molar-refractivity contribution in [1.29, 1.82) is 0 Å². The standard InChI is InChI=1S/C19H14ClNO3/c20-15-8-5-13(6-9-15)11-21-18(22)10-7-14-12-24-17-4-2-1-3-16(17)19(14)23/h1-10,12H,11H2,(H,21,22)/b10-7+. The lowest BCUT2D eigenvalue weighted by molar-refractivity contribution is -0.116. The average Bonchev–Trinajstić information content (AvgIpc) is 2.61. The normalized spacial score (nSPS) is 11.0. The Hall–Kier alpha value is -2.85. The number of amides is 1. The summed E-state index contributed by atoms with van der Waals surface area (Å²) in [5, 5.41) is 3.88. The molecular formula is C19H14ClNO3. The minimum absolute atomic E-state index is 0.168. The van der Waals surface area contributed by atoms with Crippen LogP contribution >= 0.6 is 11.6 Å². The summed E-state index contributed by atoms with van der Waals surface area (Å²) < 4.78 is 5.40. The highest BCUT2D eigenvalue weighted by molar-refractivity contribution is 6.30. The van der Waals surface area contributed by atoms with Crippen LogP contribution in [0.5, 0.6) is 0 Å². The number of benzene rings is 2. The van der Waals surface area contributed by atoms with Gasteiger partial charge in [0.05, 0.1) is 10.9 Å². The number of nitrogens with one attached hydrogen (secondary N) is 1. The average molecular weight is 340 g/mol. The largest absolute Gasteiger partial charge is 0.463 e. The van der Waals surface area contributed by atoms with Crippen LogP contribution in [-0.4, -0.2) is 5.91 Å². The molecule has 0 unspecified atom stereocenters. The van der Waals surface area contributed by atoms with Gasteiger partial charge in [0.25, 0.3) is 0 Å². The fourth-order valence-corrected chi connectivity index (χ4v) is 2.35. The summed E-state index contributed by atoms with van der Waals surface area (Å²) in [6.07, 6.45) is 4.13. The van der Waals surface area contributed by atoms with Gasteiger partial charge in [-0.2, -0.15) is 0 Å². The fourth-order valence-electron chi connectivity index (χ4n) is 2.22. The van der Waals surface area contributed by atoms with E-state index in [9.17, 15) is 9.59 Å². The minimum Gasteiger partial charge on any atom is -0.463 e. The van der Waals surface area contributed by atoms with E-state index in [2.05, 4.69) is 5.32 Å². The Kier molecular flexibility index (Phi) is 4.77. The van der Waals surface area contributed by atoms with Gasteiger partial charge in [-0.25, -0.2) is 0 Å². The van der Waals surface area contributed by atoms with Crippen LogP contribution in [0.4, 0.5) is 0 Å². The summed E-state index contributed by atoms with van der Waals surface area (Å²) in [5.74, 6) is -0.294. The SMILES string of the molecule is O=C(/C=C/c1coc2ccccc2c1=O)NCc1ccc(Cl)cc1. The molecule has 4 nitrogen and oxygen atoms in total. The van der Waals surface area contributed by atoms with Gasteiger partial charge in [0.2, 0.25) is 5.91 Å². The van der Waals surface area contributed by atoms with Gasteiger partial charge in [-0.3, -0.25) is 9.59 Å². The lowest BCUT2D eigenvalue weighted by Crippen LogP contribution is -2.20. The Morgan fingerprint density at radius 3 is 2.67 bits per heavy atom. The molecule has 0 saturated heterocycles. The van der Waals surface area contributed by atoms with E-state index in [0.717, 1.165) is 5.56 Å². The summed E-state index contributed by atoms with van der Waals surface area (Å²) in [5.41, 5.74) is 1.62. The molecule has 5 heteroatoms. The first-order valence-electron chi connectivity index (χ1n) is 7.34. The number of halogens is 1. The second-order valence-corrected chi connectivity index (χ2v) is 5.63. The summed E-state index contributed by atoms with van der Waals surface area (Å²) >= 11 is 5.81. The first-order valence-corrected chi connectivity index (χ1v) is 7.72. The summed E-state index contributed by atoms with van der Waals surface area (Å²) in [4.78, 5) is 24.2. The van der Waals surface area contributed by atoms with Crippen molar-refractivity contribution >= 4 is 34.6 Å². The molecule has 0 bridgehead atoms. The molecule has 3 rings (SSSR count). The molecular weight excluding hydrogens is 326 g/mol. The second-order valence-electron chi connectivity index (χ2n) is 5.19. The monoisotopic (exact) mass is 339 g/mol. The topological polar surface area (TPSA) is 59.3 Å². The van der Waals surface area contributed by atoms with Crippen LogP contribution in [0.3, 0.4) is 0 Å². The number of para-hydroxylation sites is 1. The van der Waals surface area contributed by atoms with Gasteiger partial charge in [0, 0.05) is 17.6 Å². The summed E-state index contributed by atoms with van der Waals surface area (Å²) in [6.45, 7) is 0.382. The van der Waals surface area contributed by atoms with Crippen molar-refractivity contribution in [2.45, 2.75) is 6.54 Å². The Bertz CT molecular complexity index is 958. The van der Waals surface area contributed by atoms with Crippen LogP contribution in [0, 0.1) is 0 Å². The predicted molar refractivity (Wildman–Crippen MR) is 94.8 cm³/mol. The van der Waals surface area contributed by atoms with Crippen LogP contribution in [0.1, 0.15) is 11.1 Å². The van der Waals surface area contributed by atoms with Crippen LogP contribution in [0.2, 0.25) is 5.02 Å². The van der Waals surface area contributed by atoms with E-state index in [4.69, 9.17) is 16.0 Å². The maximum Gasteiger partial charge on any atom is 0.244 e. The molecule has 0 atom stereocenters. The van der Waals surface area contributed by atoms with Gasteiger partial charge in [-0.05, 0) is 35.9 Å². The number of fused-ring (bicyclic) bond motifs is 1. The maximum atomic E-state index is 12.3. The highest BCUT2D eigenvalue weighted by Gasteiger charge is 2.04. The molecule has 0 radical (unpaired) electrons. The van der Waals surface area contributed by atoms with Crippen molar-refractivity contribution in [3.05, 3.63) is 87.2 Å². The van der Waals surface area contributed by atoms with Crippen molar-refractivity contribution in [1.82, 2.24) is 5.32 Å². The third kappa shape index (κ3) is 3.73. The van der Waals surface area contributed by atoms with Crippen molar-refractivity contribution in [3.8, 4) is 0 Å². The molecule has 3 aromatic rings. The zero-order chi connectivity index (χ0) is 16.9. The number of hydrogen-bond donors (Lipinski definition) is 1. The lowest BCUT2D eigenvalue weighted by Gasteiger charge is -2.02. The summed E-state index contributed by atoms with van der Waals surface area (Å²) in [6, 6.07) is 14.2. The molecule has 1 amide bonds. The van der Waals surface area contributed by atoms with Crippen LogP contribution in [0.15, 0.2) is 70.1 Å². The van der Waals surface area contributed by atoms with Gasteiger partial charge in [0.15, 0.2) is 5.43 Å². The fraction of sp³-hybridized carbons (Fsp3) is 0.0526. The molecule has 1 aromatic heterocycles. The van der Waals surface area contributed by atoms with Crippen molar-refractivity contribution in [2.75, 3.05) is 0 Å². The Balaban J connectivity index is 1.69. The first kappa shape index (κ1) is 16.0. The minimum atomic E-state index is -0.294. The van der Waals surface area contributed by atoms with Crippen LogP contribution < -0.4 is 10.7 Å². The Labute approximate surface area is 143 Å². The molecule has 24 heavy (non-hydrogen) atoms. The van der Waals surface area contributed by atoms with E-state index in [1.54, 1.807) is 36.4 Å². The van der Waals surface area contributed by atoms with Crippen LogP contribution in [0.25, 0.3) is 17.0 Å². The third-order valence-electron chi connectivity index (χ3n) is 3.50. The third-order valence-corrected chi connectivity index (χ3v) is 3.75. The first-order chi connectivity index (χ1) is 11.6. The molecule has 2 aromatic carbocycles. The van der Waals surface area contributed by atoms with Gasteiger partial charge in [-0.1, -0.05) is 35.9 Å². The molecule has 120 valence electrons. The number of rotatable bonds is 4. The lowest BCUT2D eigenvalue weighted by atomic mass is 10.1. The van der Waals surface area contributed by atoms with E-state index >= 15 is 0 Å². The van der Waals surface area contributed by atoms with E-state index < -0.39 is 0 Å². The highest BCUT2D eigenvalue weighted by Crippen LogP contribution is 2.11. The summed E-state index contributed by atoms with van der Waals surface area (Å²) in [7, 11) is 0. The van der Waals surface area contributed by atoms with Gasteiger partial charge < -0.3 is 9.73 Å². The Morgan fingerprint density at radius 1 is 1.12 bits per heavy atom. The predicted octanol–water partition coefficient (Wildman–Crippen LogP) is 3.78. The molecule has 0 saturated carbocycles. The zero-order valence-electron chi connectivity index (χ0n) is 12.7. The number of carbonyl (C=O) groups excluding carboxylic acids is 1. The van der Waals surface area contributed by atoms with E-state index in [0.29, 0.717) is 28.1 Å². The highest BCUT2D eigenvalue weighted by atomic mass is 35.5. The molecule has 1 heterocycles. The van der Waals surface area contributed by atoms with Crippen molar-refractivity contribution < 1.29 is 9.21 Å². The van der Waals surface area contributed by atoms with E-state index in [1.165, 1.54) is 18.4 Å². The van der Waals surface area contributed by atoms with Crippen molar-refractivity contribution in [3.63, 3.8) is 0 Å². The van der Waals surface area contributed by atoms with E-state index in [-0.39, 0.29) is 11.3 Å². The van der Waals surface area contributed by atoms with Gasteiger partial charge in [0.1, 0.15) is 11.8 Å². The zero-order valence-corrected chi connectivity index (χ0v) is 13.4. The molecule has 1 N–H and O–H groups in total. The Morgan fingerprint density at radius 2 is 1.88 bits per heavy atom. The molecule has 0 aliphatic rings. The van der Waals surface area contributed by atoms with Gasteiger partial charge in [-0.15, -0.1) is 0 Å². The van der Waals surface area contributed by atoms with Gasteiger partial charge >= 0.3 is 0 Å². The molecule has 0 aliphatic heterocycles. The van der Waals surface area contributed by atoms with Crippen molar-refractivity contribution in [2.24, 2.45) is 0 Å². The van der Waals surface area contributed by atoms with E-state index in [1.807, 2.05) is 12.1 Å². The smallest absolute Gasteiger partial charge is 0.244 e. The maximum absolute atomic E-state index is 12.3. The molecule has 0 fully saturated rings. The number of hydrogen-bond acceptors (Lipinski definition) is 3. The van der Waals surface area contributed by atoms with Crippen LogP contribution in [-0.2, 0) is 11.3 Å². The molecule has 0 aliphatic carbocycles. The second kappa shape index (κ2) is 7.15.